The predicted molar refractivity (Wildman–Crippen MR) is 76.8 cm³/mol. The van der Waals surface area contributed by atoms with Crippen molar-refractivity contribution < 1.29 is 14.7 Å². The maximum atomic E-state index is 12.5. The quantitative estimate of drug-likeness (QED) is 0.882. The van der Waals surface area contributed by atoms with E-state index in [1.54, 1.807) is 16.8 Å². The van der Waals surface area contributed by atoms with Crippen LogP contribution in [0.4, 0.5) is 5.69 Å². The number of hydrogen-bond acceptors (Lipinski definition) is 3. The minimum Gasteiger partial charge on any atom is -0.481 e. The van der Waals surface area contributed by atoms with Gasteiger partial charge in [-0.25, -0.2) is 0 Å². The third-order valence-corrected chi connectivity index (χ3v) is 3.85. The molecule has 1 unspecified atom stereocenters. The normalized spacial score (nSPS) is 15.2. The lowest BCUT2D eigenvalue weighted by atomic mass is 10.2. The third-order valence-electron chi connectivity index (χ3n) is 3.85. The molecule has 0 saturated carbocycles. The molecule has 20 heavy (non-hydrogen) atoms. The van der Waals surface area contributed by atoms with Gasteiger partial charge in [-0.3, -0.25) is 14.5 Å². The van der Waals surface area contributed by atoms with Crippen molar-refractivity contribution >= 4 is 17.6 Å². The Morgan fingerprint density at radius 2 is 2.10 bits per heavy atom. The van der Waals surface area contributed by atoms with Gasteiger partial charge in [0.25, 0.3) is 0 Å². The smallest absolute Gasteiger partial charge is 0.304 e. The van der Waals surface area contributed by atoms with Crippen molar-refractivity contribution in [1.29, 1.82) is 0 Å². The number of rotatable bonds is 5. The van der Waals surface area contributed by atoms with E-state index in [0.29, 0.717) is 13.1 Å². The number of fused-ring (bicyclic) bond motifs is 1. The highest BCUT2D eigenvalue weighted by Gasteiger charge is 2.29. The van der Waals surface area contributed by atoms with Crippen molar-refractivity contribution in [2.45, 2.75) is 25.8 Å². The van der Waals surface area contributed by atoms with Crippen LogP contribution in [0.15, 0.2) is 24.3 Å². The Hall–Kier alpha value is -1.88. The van der Waals surface area contributed by atoms with Crippen molar-refractivity contribution in [3.05, 3.63) is 29.8 Å². The molecule has 0 bridgehead atoms. The maximum absolute atomic E-state index is 12.5. The number of hydrogen-bond donors (Lipinski definition) is 1. The fraction of sp³-hybridized carbons (Fsp3) is 0.467. The van der Waals surface area contributed by atoms with Crippen LogP contribution in [0.3, 0.4) is 0 Å². The zero-order valence-electron chi connectivity index (χ0n) is 11.9. The molecule has 0 fully saturated rings. The number of nitrogens with zero attached hydrogens (tertiary/aromatic N) is 2. The van der Waals surface area contributed by atoms with Crippen LogP contribution in [0.1, 0.15) is 18.9 Å². The number of carboxylic acids is 1. The summed E-state index contributed by atoms with van der Waals surface area (Å²) in [4.78, 5) is 26.7. The topological polar surface area (TPSA) is 60.9 Å². The highest BCUT2D eigenvalue weighted by atomic mass is 16.4. The number of carboxylic acid groups (broad SMARTS) is 1. The van der Waals surface area contributed by atoms with Crippen LogP contribution in [0.25, 0.3) is 0 Å². The van der Waals surface area contributed by atoms with Crippen LogP contribution in [-0.4, -0.2) is 48.1 Å². The van der Waals surface area contributed by atoms with E-state index in [2.05, 4.69) is 0 Å². The van der Waals surface area contributed by atoms with Gasteiger partial charge in [-0.15, -0.1) is 0 Å². The number of para-hydroxylation sites is 1. The van der Waals surface area contributed by atoms with E-state index in [1.165, 1.54) is 5.56 Å². The number of carbonyl (C=O) groups is 2. The summed E-state index contributed by atoms with van der Waals surface area (Å²) in [6.07, 6.45) is 0.929. The second-order valence-corrected chi connectivity index (χ2v) is 5.17. The number of aliphatic carboxylic acids is 1. The summed E-state index contributed by atoms with van der Waals surface area (Å²) < 4.78 is 0. The van der Waals surface area contributed by atoms with Gasteiger partial charge in [0, 0.05) is 18.8 Å². The van der Waals surface area contributed by atoms with E-state index < -0.39 is 5.97 Å². The van der Waals surface area contributed by atoms with Crippen LogP contribution in [-0.2, 0) is 16.0 Å². The molecule has 1 heterocycles. The fourth-order valence-corrected chi connectivity index (χ4v) is 2.45. The molecular weight excluding hydrogens is 256 g/mol. The number of benzene rings is 1. The number of carbonyl (C=O) groups excluding carboxylic acids is 1. The fourth-order valence-electron chi connectivity index (χ4n) is 2.45. The number of amides is 1. The number of likely N-dealkylation sites (N-methyl/N-ethyl adjacent to an activating group) is 1. The molecule has 5 heteroatoms. The Bertz CT molecular complexity index is 516. The molecule has 1 atom stereocenters. The summed E-state index contributed by atoms with van der Waals surface area (Å²) in [6.45, 7) is 2.90. The molecule has 2 rings (SSSR count). The first kappa shape index (κ1) is 14.5. The molecule has 0 aliphatic carbocycles. The van der Waals surface area contributed by atoms with Gasteiger partial charge in [-0.2, -0.15) is 0 Å². The molecular formula is C15H20N2O3. The first-order valence-electron chi connectivity index (χ1n) is 6.82. The third kappa shape index (κ3) is 2.99. The van der Waals surface area contributed by atoms with E-state index in [1.807, 2.05) is 31.2 Å². The SMILES string of the molecule is CC(C(=O)N1CCc2ccccc21)N(C)CCC(=O)O. The molecule has 1 amide bonds. The Balaban J connectivity index is 2.03. The summed E-state index contributed by atoms with van der Waals surface area (Å²) in [5.74, 6) is -0.814. The lowest BCUT2D eigenvalue weighted by molar-refractivity contribution is -0.138. The Morgan fingerprint density at radius 1 is 1.40 bits per heavy atom. The van der Waals surface area contributed by atoms with Crippen LogP contribution in [0, 0.1) is 0 Å². The number of anilines is 1. The van der Waals surface area contributed by atoms with Crippen LogP contribution in [0.5, 0.6) is 0 Å². The Morgan fingerprint density at radius 3 is 2.80 bits per heavy atom. The Labute approximate surface area is 118 Å². The van der Waals surface area contributed by atoms with Gasteiger partial charge in [0.2, 0.25) is 5.91 Å². The summed E-state index contributed by atoms with van der Waals surface area (Å²) in [5, 5.41) is 8.70. The molecule has 0 spiro atoms. The van der Waals surface area contributed by atoms with Gasteiger partial charge in [0.1, 0.15) is 0 Å². The van der Waals surface area contributed by atoms with E-state index in [-0.39, 0.29) is 18.4 Å². The molecule has 1 aromatic rings. The lowest BCUT2D eigenvalue weighted by Gasteiger charge is -2.28. The largest absolute Gasteiger partial charge is 0.481 e. The predicted octanol–water partition coefficient (Wildman–Crippen LogP) is 1.37. The van der Waals surface area contributed by atoms with Gasteiger partial charge in [-0.05, 0) is 32.0 Å². The first-order chi connectivity index (χ1) is 9.50. The average Bonchev–Trinajstić information content (AvgIpc) is 2.87. The average molecular weight is 276 g/mol. The molecule has 0 saturated heterocycles. The highest BCUT2D eigenvalue weighted by Crippen LogP contribution is 2.28. The van der Waals surface area contributed by atoms with Crippen molar-refractivity contribution in [2.75, 3.05) is 25.0 Å². The van der Waals surface area contributed by atoms with E-state index in [9.17, 15) is 9.59 Å². The second kappa shape index (κ2) is 6.05. The van der Waals surface area contributed by atoms with E-state index in [4.69, 9.17) is 5.11 Å². The highest BCUT2D eigenvalue weighted by molar-refractivity contribution is 5.98. The van der Waals surface area contributed by atoms with Crippen LogP contribution >= 0.6 is 0 Å². The monoisotopic (exact) mass is 276 g/mol. The maximum Gasteiger partial charge on any atom is 0.304 e. The van der Waals surface area contributed by atoms with Crippen molar-refractivity contribution in [2.24, 2.45) is 0 Å². The molecule has 1 N–H and O–H groups in total. The second-order valence-electron chi connectivity index (χ2n) is 5.17. The van der Waals surface area contributed by atoms with Gasteiger partial charge >= 0.3 is 5.97 Å². The van der Waals surface area contributed by atoms with Gasteiger partial charge in [0.15, 0.2) is 0 Å². The molecule has 108 valence electrons. The first-order valence-corrected chi connectivity index (χ1v) is 6.82. The van der Waals surface area contributed by atoms with Crippen molar-refractivity contribution in [1.82, 2.24) is 4.90 Å². The Kier molecular flexibility index (Phi) is 4.39. The van der Waals surface area contributed by atoms with Gasteiger partial charge < -0.3 is 10.0 Å². The van der Waals surface area contributed by atoms with E-state index >= 15 is 0 Å². The summed E-state index contributed by atoms with van der Waals surface area (Å²) in [6, 6.07) is 7.60. The van der Waals surface area contributed by atoms with Crippen molar-refractivity contribution in [3.63, 3.8) is 0 Å². The molecule has 1 aromatic carbocycles. The lowest BCUT2D eigenvalue weighted by Crippen LogP contribution is -2.45. The van der Waals surface area contributed by atoms with Gasteiger partial charge in [0.05, 0.1) is 12.5 Å². The molecule has 1 aliphatic heterocycles. The van der Waals surface area contributed by atoms with Crippen LogP contribution in [0.2, 0.25) is 0 Å². The zero-order chi connectivity index (χ0) is 14.7. The molecule has 1 aliphatic rings. The minimum atomic E-state index is -0.844. The van der Waals surface area contributed by atoms with E-state index in [0.717, 1.165) is 12.1 Å². The summed E-state index contributed by atoms with van der Waals surface area (Å²) in [5.41, 5.74) is 2.18. The molecule has 5 nitrogen and oxygen atoms in total. The summed E-state index contributed by atoms with van der Waals surface area (Å²) >= 11 is 0. The summed E-state index contributed by atoms with van der Waals surface area (Å²) in [7, 11) is 1.79. The van der Waals surface area contributed by atoms with Crippen LogP contribution < -0.4 is 4.90 Å². The molecule has 0 aromatic heterocycles. The van der Waals surface area contributed by atoms with Gasteiger partial charge in [-0.1, -0.05) is 18.2 Å². The zero-order valence-corrected chi connectivity index (χ0v) is 11.9. The molecule has 0 radical (unpaired) electrons. The van der Waals surface area contributed by atoms with Crippen molar-refractivity contribution in [3.8, 4) is 0 Å². The standard InChI is InChI=1S/C15H20N2O3/c1-11(16(2)9-8-14(18)19)15(20)17-10-7-12-5-3-4-6-13(12)17/h3-6,11H,7-10H2,1-2H3,(H,18,19). The minimum absolute atomic E-state index is 0.0304.